The maximum absolute atomic E-state index is 15.6. The van der Waals surface area contributed by atoms with E-state index in [-0.39, 0.29) is 5.56 Å². The normalized spacial score (nSPS) is 12.9. The van der Waals surface area contributed by atoms with Gasteiger partial charge in [-0.05, 0) is 78.4 Å². The third kappa shape index (κ3) is 4.36. The van der Waals surface area contributed by atoms with Crippen molar-refractivity contribution in [2.75, 3.05) is 5.73 Å². The van der Waals surface area contributed by atoms with Gasteiger partial charge in [0.25, 0.3) is 0 Å². The minimum Gasteiger partial charge on any atom is -0.398 e. The number of nitrogens with zero attached hydrogens (tertiary/aromatic N) is 1. The van der Waals surface area contributed by atoms with Crippen LogP contribution in [-0.2, 0) is 5.41 Å². The molecule has 256 valence electrons. The zero-order valence-electron chi connectivity index (χ0n) is 29.0. The molecule has 0 saturated heterocycles. The topological polar surface area (TPSA) is 69.2 Å². The van der Waals surface area contributed by atoms with E-state index in [9.17, 15) is 10.1 Å². The lowest BCUT2D eigenvalue weighted by atomic mass is 9.70. The maximum Gasteiger partial charge on any atom is 0.305 e. The highest BCUT2D eigenvalue weighted by Gasteiger charge is 2.51. The minimum absolute atomic E-state index is 0.166. The molecule has 4 nitrogen and oxygen atoms in total. The molecular weight excluding hydrogens is 668 g/mol. The van der Waals surface area contributed by atoms with Crippen LogP contribution in [0.15, 0.2) is 176 Å². The van der Waals surface area contributed by atoms with Crippen molar-refractivity contribution >= 4 is 11.4 Å². The molecular formula is C49H31FN2O2. The van der Waals surface area contributed by atoms with Crippen LogP contribution in [0.1, 0.15) is 22.3 Å². The highest BCUT2D eigenvalue weighted by atomic mass is 19.1. The van der Waals surface area contributed by atoms with Crippen molar-refractivity contribution in [2.24, 2.45) is 0 Å². The van der Waals surface area contributed by atoms with Crippen molar-refractivity contribution in [3.8, 4) is 66.8 Å². The van der Waals surface area contributed by atoms with Crippen LogP contribution in [0.3, 0.4) is 0 Å². The Balaban J connectivity index is 1.15. The van der Waals surface area contributed by atoms with Gasteiger partial charge >= 0.3 is 5.69 Å². The number of rotatable bonds is 5. The van der Waals surface area contributed by atoms with E-state index in [0.29, 0.717) is 11.3 Å². The predicted octanol–water partition coefficient (Wildman–Crippen LogP) is 12.3. The van der Waals surface area contributed by atoms with Gasteiger partial charge in [-0.3, -0.25) is 10.1 Å². The molecule has 0 heterocycles. The summed E-state index contributed by atoms with van der Waals surface area (Å²) in [4.78, 5) is 10.9. The Bertz CT molecular complexity index is 2790. The number of hydrogen-bond acceptors (Lipinski definition) is 3. The van der Waals surface area contributed by atoms with Gasteiger partial charge in [-0.15, -0.1) is 0 Å². The highest BCUT2D eigenvalue weighted by Crippen LogP contribution is 2.63. The van der Waals surface area contributed by atoms with Gasteiger partial charge in [0.05, 0.1) is 10.3 Å². The molecule has 0 radical (unpaired) electrons. The number of nitro groups is 1. The molecule has 0 fully saturated rings. The lowest BCUT2D eigenvalue weighted by Crippen LogP contribution is -2.25. The van der Waals surface area contributed by atoms with Gasteiger partial charge in [-0.25, -0.2) is 0 Å². The first-order valence-corrected chi connectivity index (χ1v) is 17.9. The average molecular weight is 699 g/mol. The van der Waals surface area contributed by atoms with Crippen LogP contribution in [0.25, 0.3) is 66.8 Å². The fourth-order valence-electron chi connectivity index (χ4n) is 9.09. The second kappa shape index (κ2) is 12.0. The third-order valence-electron chi connectivity index (χ3n) is 11.3. The van der Waals surface area contributed by atoms with Crippen LogP contribution < -0.4 is 5.73 Å². The zero-order valence-corrected chi connectivity index (χ0v) is 29.0. The molecule has 0 unspecified atom stereocenters. The first-order chi connectivity index (χ1) is 26.5. The average Bonchev–Trinajstić information content (AvgIpc) is 3.68. The summed E-state index contributed by atoms with van der Waals surface area (Å²) in [6.07, 6.45) is 0. The van der Waals surface area contributed by atoms with E-state index < -0.39 is 21.8 Å². The first kappa shape index (κ1) is 31.6. The smallest absolute Gasteiger partial charge is 0.305 e. The van der Waals surface area contributed by atoms with Gasteiger partial charge in [0, 0.05) is 28.4 Å². The van der Waals surface area contributed by atoms with E-state index >= 15 is 4.39 Å². The molecule has 54 heavy (non-hydrogen) atoms. The van der Waals surface area contributed by atoms with E-state index in [0.717, 1.165) is 33.4 Å². The first-order valence-electron chi connectivity index (χ1n) is 17.9. The SMILES string of the molecule is Nc1c(-c2ccc3c(c2)C2(c4ccccc4-c4ccccc42)c2ccccc2-3)cccc1-c1ccccc1-c1ccccc1-c1cccc([N+](=O)[O-])c1F. The number of nitrogens with two attached hydrogens (primary N) is 1. The Morgan fingerprint density at radius 2 is 0.815 bits per heavy atom. The number of para-hydroxylation sites is 1. The van der Waals surface area contributed by atoms with Crippen LogP contribution >= 0.6 is 0 Å². The second-order valence-electron chi connectivity index (χ2n) is 13.9. The van der Waals surface area contributed by atoms with E-state index in [2.05, 4.69) is 97.1 Å². The number of benzene rings is 8. The van der Waals surface area contributed by atoms with E-state index in [1.807, 2.05) is 54.6 Å². The number of anilines is 1. The minimum atomic E-state index is -0.863. The molecule has 2 N–H and O–H groups in total. The largest absolute Gasteiger partial charge is 0.398 e. The summed E-state index contributed by atoms with van der Waals surface area (Å²) < 4.78 is 15.6. The summed E-state index contributed by atoms with van der Waals surface area (Å²) in [5.41, 5.74) is 22.8. The Morgan fingerprint density at radius 1 is 0.426 bits per heavy atom. The monoisotopic (exact) mass is 698 g/mol. The van der Waals surface area contributed by atoms with Crippen LogP contribution in [0.2, 0.25) is 0 Å². The molecule has 0 atom stereocenters. The Kier molecular flexibility index (Phi) is 7.01. The van der Waals surface area contributed by atoms with Gasteiger partial charge < -0.3 is 5.73 Å². The summed E-state index contributed by atoms with van der Waals surface area (Å²) in [6, 6.07) is 58.8. The van der Waals surface area contributed by atoms with Gasteiger partial charge in [-0.1, -0.05) is 164 Å². The molecule has 0 amide bonds. The van der Waals surface area contributed by atoms with Crippen LogP contribution in [0.5, 0.6) is 0 Å². The van der Waals surface area contributed by atoms with E-state index in [1.165, 1.54) is 56.6 Å². The molecule has 0 bridgehead atoms. The molecule has 5 heteroatoms. The Hall–Kier alpha value is -7.11. The van der Waals surface area contributed by atoms with Crippen LogP contribution in [0, 0.1) is 15.9 Å². The van der Waals surface area contributed by atoms with Crippen LogP contribution in [-0.4, -0.2) is 4.92 Å². The summed E-state index contributed by atoms with van der Waals surface area (Å²) in [6.45, 7) is 0. The van der Waals surface area contributed by atoms with Gasteiger partial charge in [-0.2, -0.15) is 4.39 Å². The lowest BCUT2D eigenvalue weighted by molar-refractivity contribution is -0.387. The molecule has 1 spiro atoms. The number of fused-ring (bicyclic) bond motifs is 10. The Labute approximate surface area is 311 Å². The number of nitro benzene ring substituents is 1. The molecule has 8 aromatic carbocycles. The number of hydrogen-bond donors (Lipinski definition) is 1. The van der Waals surface area contributed by atoms with Gasteiger partial charge in [0.15, 0.2) is 0 Å². The van der Waals surface area contributed by atoms with Crippen molar-refractivity contribution in [1.82, 2.24) is 0 Å². The molecule has 2 aliphatic carbocycles. The second-order valence-corrected chi connectivity index (χ2v) is 13.9. The van der Waals surface area contributed by atoms with Crippen molar-refractivity contribution in [1.29, 1.82) is 0 Å². The summed E-state index contributed by atoms with van der Waals surface area (Å²) >= 11 is 0. The molecule has 8 aromatic rings. The maximum atomic E-state index is 15.6. The summed E-state index contributed by atoms with van der Waals surface area (Å²) in [5.74, 6) is -0.863. The lowest BCUT2D eigenvalue weighted by Gasteiger charge is -2.30. The van der Waals surface area contributed by atoms with Crippen molar-refractivity contribution < 1.29 is 9.31 Å². The van der Waals surface area contributed by atoms with Crippen LogP contribution in [0.4, 0.5) is 15.8 Å². The molecule has 0 aromatic heterocycles. The Morgan fingerprint density at radius 3 is 1.35 bits per heavy atom. The molecule has 2 aliphatic rings. The van der Waals surface area contributed by atoms with E-state index in [4.69, 9.17) is 5.73 Å². The number of nitrogen functional groups attached to an aromatic ring is 1. The quantitative estimate of drug-likeness (QED) is 0.110. The summed E-state index contributed by atoms with van der Waals surface area (Å²) in [5, 5.41) is 11.6. The van der Waals surface area contributed by atoms with Gasteiger partial charge in [0.2, 0.25) is 5.82 Å². The molecule has 10 rings (SSSR count). The van der Waals surface area contributed by atoms with Crippen molar-refractivity contribution in [3.05, 3.63) is 214 Å². The third-order valence-corrected chi connectivity index (χ3v) is 11.3. The molecule has 0 saturated carbocycles. The predicted molar refractivity (Wildman–Crippen MR) is 216 cm³/mol. The highest BCUT2D eigenvalue weighted by molar-refractivity contribution is 6.00. The fourth-order valence-corrected chi connectivity index (χ4v) is 9.09. The number of halogens is 1. The van der Waals surface area contributed by atoms with Crippen molar-refractivity contribution in [2.45, 2.75) is 5.41 Å². The summed E-state index contributed by atoms with van der Waals surface area (Å²) in [7, 11) is 0. The fraction of sp³-hybridized carbons (Fsp3) is 0.0204. The molecule has 0 aliphatic heterocycles. The van der Waals surface area contributed by atoms with Gasteiger partial charge in [0.1, 0.15) is 0 Å². The van der Waals surface area contributed by atoms with Crippen molar-refractivity contribution in [3.63, 3.8) is 0 Å². The van der Waals surface area contributed by atoms with E-state index in [1.54, 1.807) is 12.1 Å². The zero-order chi connectivity index (χ0) is 36.6. The standard InChI is InChI=1S/C49H31FN2O2/c50-47-40(21-12-26-46(47)52(53)54)34-15-3-1-13-32(34)33-14-2-4-16-35(33)41-22-11-20-31(48(41)51)30-27-28-39-38-19-7-10-25-44(38)49(45(39)29-30)42-23-8-5-17-36(42)37-18-6-9-24-43(37)49/h1-29H,51H2.